The van der Waals surface area contributed by atoms with E-state index in [1.54, 1.807) is 6.08 Å². The van der Waals surface area contributed by atoms with Gasteiger partial charge in [0.25, 0.3) is 0 Å². The van der Waals surface area contributed by atoms with Gasteiger partial charge in [-0.15, -0.1) is 0 Å². The van der Waals surface area contributed by atoms with Crippen LogP contribution < -0.4 is 11.1 Å². The number of phosphoric ester groups is 1. The lowest BCUT2D eigenvalue weighted by Crippen LogP contribution is -2.46. The molecule has 51 heavy (non-hydrogen) atoms. The second kappa shape index (κ2) is 37.0. The Morgan fingerprint density at radius 1 is 0.667 bits per heavy atom. The van der Waals surface area contributed by atoms with E-state index in [2.05, 4.69) is 43.5 Å². The van der Waals surface area contributed by atoms with E-state index in [-0.39, 0.29) is 19.6 Å². The highest BCUT2D eigenvalue weighted by molar-refractivity contribution is 7.47. The zero-order valence-corrected chi connectivity index (χ0v) is 33.6. The van der Waals surface area contributed by atoms with Gasteiger partial charge >= 0.3 is 7.82 Å². The minimum Gasteiger partial charge on any atom is -0.393 e. The van der Waals surface area contributed by atoms with Crippen molar-refractivity contribution in [3.05, 3.63) is 36.5 Å². The minimum absolute atomic E-state index is 0.0425. The summed E-state index contributed by atoms with van der Waals surface area (Å²) in [5.74, 6) is -0.468. The smallest absolute Gasteiger partial charge is 0.393 e. The maximum Gasteiger partial charge on any atom is 0.472 e. The van der Waals surface area contributed by atoms with Crippen molar-refractivity contribution < 1.29 is 33.5 Å². The number of hydrogen-bond donors (Lipinski definition) is 5. The molecule has 0 heterocycles. The van der Waals surface area contributed by atoms with Crippen LogP contribution in [-0.2, 0) is 18.4 Å². The van der Waals surface area contributed by atoms with E-state index in [1.165, 1.54) is 103 Å². The van der Waals surface area contributed by atoms with Gasteiger partial charge in [-0.1, -0.05) is 159 Å². The molecule has 0 saturated carbocycles. The van der Waals surface area contributed by atoms with E-state index in [0.717, 1.165) is 44.9 Å². The number of amides is 1. The van der Waals surface area contributed by atoms with Crippen LogP contribution in [0, 0.1) is 0 Å². The van der Waals surface area contributed by atoms with E-state index in [9.17, 15) is 24.5 Å². The van der Waals surface area contributed by atoms with Gasteiger partial charge in [0.05, 0.1) is 37.9 Å². The van der Waals surface area contributed by atoms with Crippen molar-refractivity contribution in [2.24, 2.45) is 5.73 Å². The van der Waals surface area contributed by atoms with Crippen LogP contribution in [0.5, 0.6) is 0 Å². The molecule has 0 aromatic rings. The first-order valence-corrected chi connectivity index (χ1v) is 22.2. The normalized spacial score (nSPS) is 15.2. The molecule has 0 rings (SSSR count). The Morgan fingerprint density at radius 3 is 1.69 bits per heavy atom. The summed E-state index contributed by atoms with van der Waals surface area (Å²) in [4.78, 5) is 22.6. The molecule has 0 saturated heterocycles. The Kier molecular flexibility index (Phi) is 36.1. The Balaban J connectivity index is 4.38. The molecule has 10 heteroatoms. The quantitative estimate of drug-likeness (QED) is 0.0238. The maximum atomic E-state index is 12.7. The van der Waals surface area contributed by atoms with E-state index in [4.69, 9.17) is 14.8 Å². The monoisotopic (exact) mass is 743 g/mol. The Labute approximate surface area is 312 Å². The van der Waals surface area contributed by atoms with Crippen molar-refractivity contribution in [2.45, 2.75) is 199 Å². The van der Waals surface area contributed by atoms with Gasteiger partial charge < -0.3 is 26.2 Å². The third kappa shape index (κ3) is 35.5. The largest absolute Gasteiger partial charge is 0.472 e. The Morgan fingerprint density at radius 2 is 1.14 bits per heavy atom. The number of aliphatic hydroxyl groups excluding tert-OH is 2. The summed E-state index contributed by atoms with van der Waals surface area (Å²) >= 11 is 0. The van der Waals surface area contributed by atoms with Crippen LogP contribution in [0.1, 0.15) is 181 Å². The van der Waals surface area contributed by atoms with Crippen LogP contribution in [0.15, 0.2) is 36.5 Å². The van der Waals surface area contributed by atoms with Crippen molar-refractivity contribution in [3.8, 4) is 0 Å². The third-order valence-corrected chi connectivity index (χ3v) is 9.98. The summed E-state index contributed by atoms with van der Waals surface area (Å²) in [6.07, 6.45) is 39.6. The van der Waals surface area contributed by atoms with Crippen molar-refractivity contribution >= 4 is 13.7 Å². The van der Waals surface area contributed by atoms with E-state index in [0.29, 0.717) is 12.8 Å². The SMILES string of the molecule is CCCC/C=C\CCCCCC(O)CC(=O)NC(COP(=O)(O)OCCN)C(O)/C=C/CC/C=C/CCCCCCCCCCCCCCCC. The maximum absolute atomic E-state index is 12.7. The molecule has 0 aromatic carbocycles. The summed E-state index contributed by atoms with van der Waals surface area (Å²) in [6, 6.07) is -1.00. The van der Waals surface area contributed by atoms with Crippen LogP contribution in [-0.4, -0.2) is 59.0 Å². The van der Waals surface area contributed by atoms with Gasteiger partial charge in [0, 0.05) is 6.54 Å². The molecule has 1 amide bonds. The van der Waals surface area contributed by atoms with Gasteiger partial charge in [-0.2, -0.15) is 0 Å². The highest BCUT2D eigenvalue weighted by Gasteiger charge is 2.27. The molecule has 300 valence electrons. The van der Waals surface area contributed by atoms with E-state index >= 15 is 0 Å². The number of phosphoric acid groups is 1. The van der Waals surface area contributed by atoms with E-state index in [1.807, 2.05) is 6.08 Å². The first-order valence-electron chi connectivity index (χ1n) is 20.7. The molecular weight excluding hydrogens is 663 g/mol. The predicted octanol–water partition coefficient (Wildman–Crippen LogP) is 10.1. The zero-order chi connectivity index (χ0) is 37.7. The molecule has 6 N–H and O–H groups in total. The predicted molar refractivity (Wildman–Crippen MR) is 214 cm³/mol. The number of rotatable bonds is 38. The van der Waals surface area contributed by atoms with Crippen molar-refractivity contribution in [1.29, 1.82) is 0 Å². The number of allylic oxidation sites excluding steroid dienone is 5. The van der Waals surface area contributed by atoms with Crippen LogP contribution in [0.25, 0.3) is 0 Å². The van der Waals surface area contributed by atoms with Gasteiger partial charge in [0.15, 0.2) is 0 Å². The lowest BCUT2D eigenvalue weighted by atomic mass is 10.0. The van der Waals surface area contributed by atoms with Crippen molar-refractivity contribution in [1.82, 2.24) is 5.32 Å². The molecule has 0 radical (unpaired) electrons. The number of nitrogens with two attached hydrogens (primary N) is 1. The minimum atomic E-state index is -4.40. The second-order valence-corrected chi connectivity index (χ2v) is 15.5. The van der Waals surface area contributed by atoms with Crippen LogP contribution >= 0.6 is 7.82 Å². The molecule has 0 bridgehead atoms. The highest BCUT2D eigenvalue weighted by atomic mass is 31.2. The number of carbonyl (C=O) groups is 1. The molecule has 0 aromatic heterocycles. The molecule has 0 aliphatic carbocycles. The highest BCUT2D eigenvalue weighted by Crippen LogP contribution is 2.43. The fourth-order valence-corrected chi connectivity index (χ4v) is 6.58. The van der Waals surface area contributed by atoms with Gasteiger partial charge in [-0.3, -0.25) is 13.8 Å². The topological polar surface area (TPSA) is 151 Å². The lowest BCUT2D eigenvalue weighted by Gasteiger charge is -2.24. The summed E-state index contributed by atoms with van der Waals surface area (Å²) < 4.78 is 22.0. The molecule has 4 atom stereocenters. The number of unbranched alkanes of at least 4 members (excludes halogenated alkanes) is 20. The first-order chi connectivity index (χ1) is 24.8. The molecule has 0 aliphatic rings. The summed E-state index contributed by atoms with van der Waals surface area (Å²) in [6.45, 7) is 3.88. The summed E-state index contributed by atoms with van der Waals surface area (Å²) in [7, 11) is -4.40. The van der Waals surface area contributed by atoms with Crippen LogP contribution in [0.2, 0.25) is 0 Å². The third-order valence-electron chi connectivity index (χ3n) is 8.99. The fraction of sp³-hybridized carbons (Fsp3) is 0.829. The fourth-order valence-electron chi connectivity index (χ4n) is 5.82. The number of nitrogens with one attached hydrogen (secondary N) is 1. The molecule has 0 fully saturated rings. The number of carbonyl (C=O) groups excluding carboxylic acids is 1. The Bertz CT molecular complexity index is 914. The zero-order valence-electron chi connectivity index (χ0n) is 32.7. The van der Waals surface area contributed by atoms with Crippen LogP contribution in [0.4, 0.5) is 0 Å². The number of aliphatic hydroxyl groups is 2. The second-order valence-electron chi connectivity index (χ2n) is 14.0. The van der Waals surface area contributed by atoms with E-state index < -0.39 is 38.6 Å². The number of hydrogen-bond acceptors (Lipinski definition) is 7. The molecule has 0 aliphatic heterocycles. The van der Waals surface area contributed by atoms with Gasteiger partial charge in [-0.05, 0) is 51.4 Å². The summed E-state index contributed by atoms with van der Waals surface area (Å²) in [5.41, 5.74) is 5.35. The molecule has 9 nitrogen and oxygen atoms in total. The van der Waals surface area contributed by atoms with Crippen LogP contribution in [0.3, 0.4) is 0 Å². The Hall–Kier alpha value is -1.32. The lowest BCUT2D eigenvalue weighted by molar-refractivity contribution is -0.124. The standard InChI is InChI=1S/C41H79N2O7P/c1-3-5-7-9-11-13-14-15-16-17-18-19-20-21-22-23-25-27-29-31-33-40(45)39(37-50-51(47,48)49-35-34-42)43-41(46)36-38(44)32-30-28-26-24-12-10-8-6-4-2/h10,12,23,25,31,33,38-40,44-45H,3-9,11,13-22,24,26-30,32,34-37,42H2,1-2H3,(H,43,46)(H,47,48)/b12-10-,25-23+,33-31+. The van der Waals surface area contributed by atoms with Crippen molar-refractivity contribution in [3.63, 3.8) is 0 Å². The molecule has 0 spiro atoms. The average molecular weight is 743 g/mol. The molecule has 4 unspecified atom stereocenters. The molecular formula is C41H79N2O7P. The first kappa shape index (κ1) is 49.7. The van der Waals surface area contributed by atoms with Gasteiger partial charge in [-0.25, -0.2) is 4.57 Å². The van der Waals surface area contributed by atoms with Gasteiger partial charge in [0.1, 0.15) is 0 Å². The average Bonchev–Trinajstić information content (AvgIpc) is 3.10. The van der Waals surface area contributed by atoms with Gasteiger partial charge in [0.2, 0.25) is 5.91 Å². The van der Waals surface area contributed by atoms with Crippen molar-refractivity contribution in [2.75, 3.05) is 19.8 Å². The summed E-state index contributed by atoms with van der Waals surface area (Å²) in [5, 5.41) is 23.9.